The minimum absolute atomic E-state index is 1.15. The van der Waals surface area contributed by atoms with Crippen molar-refractivity contribution >= 4 is 5.69 Å². The third-order valence-corrected chi connectivity index (χ3v) is 2.61. The zero-order valence-corrected chi connectivity index (χ0v) is 9.12. The topological polar surface area (TPSA) is 12.0 Å². The Bertz CT molecular complexity index is 446. The lowest BCUT2D eigenvalue weighted by molar-refractivity contribution is 1.43. The maximum atomic E-state index is 3.16. The standard InChI is InChI=1S/C14H15N/c1-11-8-9-13(15-2)10-14(11)12-6-4-3-5-7-12/h3-10,15H,1-2H3. The molecule has 0 fully saturated rings. The molecule has 0 aliphatic carbocycles. The molecule has 0 aliphatic heterocycles. The third-order valence-electron chi connectivity index (χ3n) is 2.61. The van der Waals surface area contributed by atoms with Gasteiger partial charge in [0.05, 0.1) is 0 Å². The molecule has 2 rings (SSSR count). The molecule has 0 amide bonds. The molecule has 0 bridgehead atoms. The van der Waals surface area contributed by atoms with Crippen LogP contribution in [0.1, 0.15) is 5.56 Å². The van der Waals surface area contributed by atoms with Gasteiger partial charge in [-0.25, -0.2) is 0 Å². The van der Waals surface area contributed by atoms with Gasteiger partial charge in [0.25, 0.3) is 0 Å². The second kappa shape index (κ2) is 4.18. The molecule has 2 aromatic carbocycles. The Balaban J connectivity index is 2.52. The molecule has 1 N–H and O–H groups in total. The van der Waals surface area contributed by atoms with Crippen molar-refractivity contribution in [1.82, 2.24) is 0 Å². The molecule has 0 aliphatic rings. The molecule has 0 unspecified atom stereocenters. The molecule has 1 nitrogen and oxygen atoms in total. The highest BCUT2D eigenvalue weighted by Gasteiger charge is 2.01. The first-order valence-electron chi connectivity index (χ1n) is 5.15. The molecule has 2 aromatic rings. The highest BCUT2D eigenvalue weighted by atomic mass is 14.8. The lowest BCUT2D eigenvalue weighted by atomic mass is 10.00. The van der Waals surface area contributed by atoms with Gasteiger partial charge in [0, 0.05) is 12.7 Å². The average Bonchev–Trinajstić information content (AvgIpc) is 2.31. The Morgan fingerprint density at radius 2 is 1.67 bits per heavy atom. The second-order valence-electron chi connectivity index (χ2n) is 3.65. The molecule has 0 heterocycles. The van der Waals surface area contributed by atoms with Gasteiger partial charge in [-0.2, -0.15) is 0 Å². The fourth-order valence-electron chi connectivity index (χ4n) is 1.71. The van der Waals surface area contributed by atoms with Crippen LogP contribution in [0.3, 0.4) is 0 Å². The summed E-state index contributed by atoms with van der Waals surface area (Å²) >= 11 is 0. The smallest absolute Gasteiger partial charge is 0.0343 e. The Morgan fingerprint density at radius 1 is 0.933 bits per heavy atom. The van der Waals surface area contributed by atoms with Crippen LogP contribution >= 0.6 is 0 Å². The van der Waals surface area contributed by atoms with E-state index in [4.69, 9.17) is 0 Å². The summed E-state index contributed by atoms with van der Waals surface area (Å²) in [5.74, 6) is 0. The highest BCUT2D eigenvalue weighted by Crippen LogP contribution is 2.25. The van der Waals surface area contributed by atoms with E-state index in [2.05, 4.69) is 54.7 Å². The summed E-state index contributed by atoms with van der Waals surface area (Å²) in [6.07, 6.45) is 0. The maximum absolute atomic E-state index is 3.16. The SMILES string of the molecule is CNc1ccc(C)c(-c2ccccc2)c1. The van der Waals surface area contributed by atoms with E-state index < -0.39 is 0 Å². The largest absolute Gasteiger partial charge is 0.388 e. The van der Waals surface area contributed by atoms with E-state index in [-0.39, 0.29) is 0 Å². The summed E-state index contributed by atoms with van der Waals surface area (Å²) < 4.78 is 0. The molecule has 15 heavy (non-hydrogen) atoms. The predicted molar refractivity (Wildman–Crippen MR) is 66.2 cm³/mol. The van der Waals surface area contributed by atoms with Crippen LogP contribution in [0.2, 0.25) is 0 Å². The number of benzene rings is 2. The monoisotopic (exact) mass is 197 g/mol. The van der Waals surface area contributed by atoms with Gasteiger partial charge in [-0.1, -0.05) is 36.4 Å². The fourth-order valence-corrected chi connectivity index (χ4v) is 1.71. The number of nitrogens with one attached hydrogen (secondary N) is 1. The minimum Gasteiger partial charge on any atom is -0.388 e. The van der Waals surface area contributed by atoms with E-state index in [0.29, 0.717) is 0 Å². The quantitative estimate of drug-likeness (QED) is 0.774. The molecule has 0 radical (unpaired) electrons. The van der Waals surface area contributed by atoms with Crippen molar-refractivity contribution in [3.05, 3.63) is 54.1 Å². The molecular formula is C14H15N. The summed E-state index contributed by atoms with van der Waals surface area (Å²) in [6.45, 7) is 2.14. The fraction of sp³-hybridized carbons (Fsp3) is 0.143. The summed E-state index contributed by atoms with van der Waals surface area (Å²) in [6, 6.07) is 16.9. The van der Waals surface area contributed by atoms with Gasteiger partial charge < -0.3 is 5.32 Å². The van der Waals surface area contributed by atoms with Crippen molar-refractivity contribution in [2.75, 3.05) is 12.4 Å². The normalized spacial score (nSPS) is 10.0. The van der Waals surface area contributed by atoms with Crippen molar-refractivity contribution in [1.29, 1.82) is 0 Å². The molecule has 0 atom stereocenters. The number of hydrogen-bond donors (Lipinski definition) is 1. The van der Waals surface area contributed by atoms with Crippen molar-refractivity contribution in [2.24, 2.45) is 0 Å². The molecule has 0 aromatic heterocycles. The number of hydrogen-bond acceptors (Lipinski definition) is 1. The lowest BCUT2D eigenvalue weighted by Crippen LogP contribution is -1.90. The lowest BCUT2D eigenvalue weighted by Gasteiger charge is -2.08. The van der Waals surface area contributed by atoms with Gasteiger partial charge >= 0.3 is 0 Å². The van der Waals surface area contributed by atoms with E-state index in [1.165, 1.54) is 16.7 Å². The summed E-state index contributed by atoms with van der Waals surface area (Å²) in [5, 5.41) is 3.16. The van der Waals surface area contributed by atoms with Gasteiger partial charge in [0.1, 0.15) is 0 Å². The van der Waals surface area contributed by atoms with Gasteiger partial charge in [0.15, 0.2) is 0 Å². The van der Waals surface area contributed by atoms with E-state index in [9.17, 15) is 0 Å². The van der Waals surface area contributed by atoms with E-state index in [1.807, 2.05) is 13.1 Å². The van der Waals surface area contributed by atoms with Crippen LogP contribution in [0.5, 0.6) is 0 Å². The molecule has 76 valence electrons. The van der Waals surface area contributed by atoms with Crippen LogP contribution in [-0.4, -0.2) is 7.05 Å². The number of rotatable bonds is 2. The van der Waals surface area contributed by atoms with Crippen molar-refractivity contribution in [2.45, 2.75) is 6.92 Å². The van der Waals surface area contributed by atoms with Gasteiger partial charge in [-0.3, -0.25) is 0 Å². The summed E-state index contributed by atoms with van der Waals surface area (Å²) in [4.78, 5) is 0. The zero-order chi connectivity index (χ0) is 10.7. The first-order valence-corrected chi connectivity index (χ1v) is 5.15. The van der Waals surface area contributed by atoms with Crippen molar-refractivity contribution in [3.8, 4) is 11.1 Å². The van der Waals surface area contributed by atoms with Crippen LogP contribution in [-0.2, 0) is 0 Å². The first kappa shape index (κ1) is 9.78. The molecule has 0 saturated carbocycles. The summed E-state index contributed by atoms with van der Waals surface area (Å²) in [7, 11) is 1.94. The van der Waals surface area contributed by atoms with E-state index in [1.54, 1.807) is 0 Å². The maximum Gasteiger partial charge on any atom is 0.0343 e. The highest BCUT2D eigenvalue weighted by molar-refractivity contribution is 5.71. The van der Waals surface area contributed by atoms with Crippen molar-refractivity contribution < 1.29 is 0 Å². The van der Waals surface area contributed by atoms with E-state index >= 15 is 0 Å². The second-order valence-corrected chi connectivity index (χ2v) is 3.65. The minimum atomic E-state index is 1.15. The Hall–Kier alpha value is -1.76. The third kappa shape index (κ3) is 2.01. The van der Waals surface area contributed by atoms with Gasteiger partial charge in [0.2, 0.25) is 0 Å². The van der Waals surface area contributed by atoms with Crippen LogP contribution in [0, 0.1) is 6.92 Å². The Labute approximate surface area is 90.8 Å². The van der Waals surface area contributed by atoms with Crippen LogP contribution < -0.4 is 5.32 Å². The van der Waals surface area contributed by atoms with Gasteiger partial charge in [-0.15, -0.1) is 0 Å². The number of aryl methyl sites for hydroxylation is 1. The zero-order valence-electron chi connectivity index (χ0n) is 9.12. The first-order chi connectivity index (χ1) is 7.31. The van der Waals surface area contributed by atoms with Crippen LogP contribution in [0.15, 0.2) is 48.5 Å². The molecule has 0 saturated heterocycles. The average molecular weight is 197 g/mol. The predicted octanol–water partition coefficient (Wildman–Crippen LogP) is 3.70. The van der Waals surface area contributed by atoms with Crippen LogP contribution in [0.4, 0.5) is 5.69 Å². The number of anilines is 1. The summed E-state index contributed by atoms with van der Waals surface area (Å²) in [5.41, 5.74) is 5.02. The van der Waals surface area contributed by atoms with Crippen LogP contribution in [0.25, 0.3) is 11.1 Å². The molecular weight excluding hydrogens is 182 g/mol. The van der Waals surface area contributed by atoms with Gasteiger partial charge in [-0.05, 0) is 35.7 Å². The molecule has 0 spiro atoms. The Kier molecular flexibility index (Phi) is 2.72. The Morgan fingerprint density at radius 3 is 2.33 bits per heavy atom. The molecule has 1 heteroatoms. The van der Waals surface area contributed by atoms with Crippen molar-refractivity contribution in [3.63, 3.8) is 0 Å². The van der Waals surface area contributed by atoms with E-state index in [0.717, 1.165) is 5.69 Å².